The minimum Gasteiger partial charge on any atom is -0.395 e. The molecule has 150 valence electrons. The van der Waals surface area contributed by atoms with Crippen LogP contribution in [-0.2, 0) is 18.4 Å². The minimum absolute atomic E-state index is 0.0787. The predicted molar refractivity (Wildman–Crippen MR) is 111 cm³/mol. The molecule has 0 saturated heterocycles. The smallest absolute Gasteiger partial charge is 0.143 e. The molecule has 1 unspecified atom stereocenters. The molecule has 7 heteroatoms. The van der Waals surface area contributed by atoms with Crippen LogP contribution in [0.5, 0.6) is 0 Å². The van der Waals surface area contributed by atoms with E-state index in [1.807, 2.05) is 23.9 Å². The summed E-state index contributed by atoms with van der Waals surface area (Å²) in [4.78, 5) is 4.17. The number of aliphatic hydroxyl groups excluding tert-OH is 1. The van der Waals surface area contributed by atoms with Crippen molar-refractivity contribution in [2.75, 3.05) is 12.4 Å². The van der Waals surface area contributed by atoms with Crippen LogP contribution in [0.1, 0.15) is 37.0 Å². The van der Waals surface area contributed by atoms with Gasteiger partial charge >= 0.3 is 0 Å². The monoisotopic (exact) mass is 410 g/mol. The van der Waals surface area contributed by atoms with E-state index in [-0.39, 0.29) is 22.6 Å². The van der Waals surface area contributed by atoms with Gasteiger partial charge in [0.25, 0.3) is 0 Å². The maximum absolute atomic E-state index is 13.1. The zero-order valence-electron chi connectivity index (χ0n) is 16.3. The van der Waals surface area contributed by atoms with Gasteiger partial charge < -0.3 is 9.67 Å². The van der Waals surface area contributed by atoms with Gasteiger partial charge in [-0.05, 0) is 37.5 Å². The third-order valence-corrected chi connectivity index (χ3v) is 7.46. The van der Waals surface area contributed by atoms with Gasteiger partial charge in [-0.3, -0.25) is 4.98 Å². The average Bonchev–Trinajstić information content (AvgIpc) is 3.49. The fraction of sp³-hybridized carbons (Fsp3) is 0.409. The number of rotatable bonds is 4. The van der Waals surface area contributed by atoms with E-state index in [0.717, 1.165) is 54.5 Å². The second kappa shape index (κ2) is 6.92. The molecule has 1 saturated carbocycles. The zero-order valence-corrected chi connectivity index (χ0v) is 17.1. The molecule has 1 aromatic carbocycles. The molecule has 1 N–H and O–H groups in total. The summed E-state index contributed by atoms with van der Waals surface area (Å²) in [6.45, 7) is 3.11. The molecule has 0 spiro atoms. The number of aromatic nitrogens is 4. The molecule has 5 rings (SSSR count). The summed E-state index contributed by atoms with van der Waals surface area (Å²) in [5.41, 5.74) is 2.89. The number of aliphatic hydroxyl groups is 1. The molecule has 1 atom stereocenters. The van der Waals surface area contributed by atoms with Crippen molar-refractivity contribution in [3.63, 3.8) is 0 Å². The van der Waals surface area contributed by atoms with Gasteiger partial charge in [-0.2, -0.15) is 11.8 Å². The summed E-state index contributed by atoms with van der Waals surface area (Å²) >= 11 is 1.81. The van der Waals surface area contributed by atoms with E-state index in [4.69, 9.17) is 0 Å². The molecule has 29 heavy (non-hydrogen) atoms. The first-order chi connectivity index (χ1) is 14.0. The highest BCUT2D eigenvalue weighted by Crippen LogP contribution is 2.53. The lowest BCUT2D eigenvalue weighted by molar-refractivity contribution is 0.254. The standard InChI is InChI=1S/C22H23FN4OS/c1-21(14-28)12-19-25-26-20(27(19)10-11-29-21)22(8-9-22)16-4-2-15(3-5-16)18-7-6-17(23)13-24-18/h2-7,13,28H,8-12,14H2,1H3. The molecule has 2 aliphatic rings. The van der Waals surface area contributed by atoms with Gasteiger partial charge in [0.15, 0.2) is 0 Å². The topological polar surface area (TPSA) is 63.8 Å². The zero-order chi connectivity index (χ0) is 20.1. The molecular formula is C22H23FN4OS. The Hall–Kier alpha value is -2.25. The maximum atomic E-state index is 13.1. The number of hydrogen-bond donors (Lipinski definition) is 1. The van der Waals surface area contributed by atoms with Crippen molar-refractivity contribution in [2.24, 2.45) is 0 Å². The van der Waals surface area contributed by atoms with Crippen LogP contribution in [0.4, 0.5) is 4.39 Å². The Labute approximate surface area is 173 Å². The quantitative estimate of drug-likeness (QED) is 0.712. The van der Waals surface area contributed by atoms with Gasteiger partial charge in [0.1, 0.15) is 17.5 Å². The number of fused-ring (bicyclic) bond motifs is 1. The van der Waals surface area contributed by atoms with Crippen LogP contribution in [0.2, 0.25) is 0 Å². The Bertz CT molecular complexity index is 1030. The molecule has 0 bridgehead atoms. The van der Waals surface area contributed by atoms with E-state index in [9.17, 15) is 9.50 Å². The molecular weight excluding hydrogens is 387 g/mol. The van der Waals surface area contributed by atoms with Gasteiger partial charge in [-0.15, -0.1) is 10.2 Å². The normalized spacial score (nSPS) is 22.7. The molecule has 5 nitrogen and oxygen atoms in total. The fourth-order valence-electron chi connectivity index (χ4n) is 4.20. The highest BCUT2D eigenvalue weighted by Gasteiger charge is 2.50. The van der Waals surface area contributed by atoms with E-state index >= 15 is 0 Å². The van der Waals surface area contributed by atoms with Crippen LogP contribution >= 0.6 is 11.8 Å². The molecule has 1 aliphatic heterocycles. The van der Waals surface area contributed by atoms with E-state index < -0.39 is 0 Å². The second-order valence-electron chi connectivity index (χ2n) is 8.25. The highest BCUT2D eigenvalue weighted by atomic mass is 32.2. The van der Waals surface area contributed by atoms with Gasteiger partial charge in [-0.1, -0.05) is 24.3 Å². The third-order valence-electron chi connectivity index (χ3n) is 6.10. The van der Waals surface area contributed by atoms with Crippen molar-refractivity contribution in [1.82, 2.24) is 19.7 Å². The molecule has 2 aromatic heterocycles. The summed E-state index contributed by atoms with van der Waals surface area (Å²) in [5.74, 6) is 2.63. The van der Waals surface area contributed by atoms with Crippen molar-refractivity contribution < 1.29 is 9.50 Å². The predicted octanol–water partition coefficient (Wildman–Crippen LogP) is 3.60. The van der Waals surface area contributed by atoms with Gasteiger partial charge in [0.2, 0.25) is 0 Å². The maximum Gasteiger partial charge on any atom is 0.143 e. The largest absolute Gasteiger partial charge is 0.395 e. The van der Waals surface area contributed by atoms with Crippen molar-refractivity contribution in [2.45, 2.75) is 42.9 Å². The van der Waals surface area contributed by atoms with Gasteiger partial charge in [0, 0.05) is 29.0 Å². The summed E-state index contributed by atoms with van der Waals surface area (Å²) < 4.78 is 15.2. The Morgan fingerprint density at radius 1 is 1.14 bits per heavy atom. The molecule has 0 amide bonds. The highest BCUT2D eigenvalue weighted by molar-refractivity contribution is 8.00. The van der Waals surface area contributed by atoms with Crippen LogP contribution in [0.15, 0.2) is 42.6 Å². The van der Waals surface area contributed by atoms with Crippen LogP contribution in [0.25, 0.3) is 11.3 Å². The van der Waals surface area contributed by atoms with Gasteiger partial charge in [0.05, 0.1) is 23.9 Å². The molecule has 1 aliphatic carbocycles. The lowest BCUT2D eigenvalue weighted by Gasteiger charge is -2.23. The third kappa shape index (κ3) is 3.26. The fourth-order valence-corrected chi connectivity index (χ4v) is 5.29. The van der Waals surface area contributed by atoms with Gasteiger partial charge in [-0.25, -0.2) is 4.39 Å². The van der Waals surface area contributed by atoms with E-state index in [2.05, 4.69) is 38.8 Å². The van der Waals surface area contributed by atoms with Crippen LogP contribution in [0.3, 0.4) is 0 Å². The summed E-state index contributed by atoms with van der Waals surface area (Å²) in [6.07, 6.45) is 4.09. The average molecular weight is 411 g/mol. The summed E-state index contributed by atoms with van der Waals surface area (Å²) in [6, 6.07) is 11.5. The van der Waals surface area contributed by atoms with Crippen LogP contribution < -0.4 is 0 Å². The first-order valence-electron chi connectivity index (χ1n) is 9.93. The molecule has 3 heterocycles. The number of thioether (sulfide) groups is 1. The SMILES string of the molecule is CC1(CO)Cc2nnc(C3(c4ccc(-c5ccc(F)cn5)cc4)CC3)n2CCS1. The molecule has 1 fully saturated rings. The second-order valence-corrected chi connectivity index (χ2v) is 9.93. The summed E-state index contributed by atoms with van der Waals surface area (Å²) in [7, 11) is 0. The van der Waals surface area contributed by atoms with E-state index in [1.165, 1.54) is 17.8 Å². The number of nitrogens with zero attached hydrogens (tertiary/aromatic N) is 4. The van der Waals surface area contributed by atoms with E-state index in [0.29, 0.717) is 0 Å². The van der Waals surface area contributed by atoms with Crippen LogP contribution in [0, 0.1) is 5.82 Å². The van der Waals surface area contributed by atoms with Crippen molar-refractivity contribution in [3.05, 3.63) is 65.6 Å². The number of halogens is 1. The number of benzene rings is 1. The van der Waals surface area contributed by atoms with Crippen molar-refractivity contribution in [1.29, 1.82) is 0 Å². The summed E-state index contributed by atoms with van der Waals surface area (Å²) in [5, 5.41) is 18.9. The molecule has 0 radical (unpaired) electrons. The first-order valence-corrected chi connectivity index (χ1v) is 10.9. The van der Waals surface area contributed by atoms with Crippen molar-refractivity contribution >= 4 is 11.8 Å². The Morgan fingerprint density at radius 3 is 2.59 bits per heavy atom. The van der Waals surface area contributed by atoms with Crippen molar-refractivity contribution in [3.8, 4) is 11.3 Å². The number of pyridine rings is 1. The van der Waals surface area contributed by atoms with Crippen LogP contribution in [-0.4, -0.2) is 42.0 Å². The minimum atomic E-state index is -0.328. The Morgan fingerprint density at radius 2 is 1.93 bits per heavy atom. The van der Waals surface area contributed by atoms with E-state index in [1.54, 1.807) is 6.07 Å². The Balaban J connectivity index is 1.46. The first kappa shape index (κ1) is 18.8. The number of hydrogen-bond acceptors (Lipinski definition) is 5. The lowest BCUT2D eigenvalue weighted by atomic mass is 9.93. The lowest BCUT2D eigenvalue weighted by Crippen LogP contribution is -2.28. The Kier molecular flexibility index (Phi) is 4.47. The molecule has 3 aromatic rings.